The molecule has 4 aromatic rings. The first kappa shape index (κ1) is 20.9. The van der Waals surface area contributed by atoms with Crippen molar-refractivity contribution in [3.63, 3.8) is 0 Å². The molecule has 0 amide bonds. The van der Waals surface area contributed by atoms with E-state index in [2.05, 4.69) is 49.4 Å². The van der Waals surface area contributed by atoms with Gasteiger partial charge in [-0.05, 0) is 36.1 Å². The zero-order valence-corrected chi connectivity index (χ0v) is 19.1. The Morgan fingerprint density at radius 2 is 1.56 bits per heavy atom. The lowest BCUT2D eigenvalue weighted by Gasteiger charge is -2.35. The van der Waals surface area contributed by atoms with Gasteiger partial charge in [-0.15, -0.1) is 0 Å². The third kappa shape index (κ3) is 4.17. The van der Waals surface area contributed by atoms with Gasteiger partial charge in [0.2, 0.25) is 5.95 Å². The smallest absolute Gasteiger partial charge is 0.408 e. The standard InChI is InChI=1S/C26H28N6O2/c33-26-32(23-7-3-4-8-24(23)34-26)14-11-30-9-12-31(13-10-30)22-17-27-25(28-18-22)29-21-15-19-5-1-2-6-20(19)16-21/h1-8,17-18,21H,9-16H2,(H,27,28,29). The average molecular weight is 457 g/mol. The number of benzene rings is 2. The topological polar surface area (TPSA) is 79.4 Å². The molecule has 0 unspecified atom stereocenters. The highest BCUT2D eigenvalue weighted by Gasteiger charge is 2.22. The second kappa shape index (κ2) is 8.95. The Kier molecular flexibility index (Phi) is 5.50. The van der Waals surface area contributed by atoms with Gasteiger partial charge >= 0.3 is 5.76 Å². The SMILES string of the molecule is O=c1oc2ccccc2n1CCN1CCN(c2cnc(NC3Cc4ccccc4C3)nc2)CC1. The fraction of sp³-hybridized carbons (Fsp3) is 0.346. The second-order valence-electron chi connectivity index (χ2n) is 9.10. The van der Waals surface area contributed by atoms with E-state index in [0.717, 1.165) is 56.8 Å². The van der Waals surface area contributed by atoms with Crippen molar-refractivity contribution in [3.05, 3.63) is 82.6 Å². The van der Waals surface area contributed by atoms with Crippen LogP contribution in [0.2, 0.25) is 0 Å². The van der Waals surface area contributed by atoms with Gasteiger partial charge in [0.1, 0.15) is 0 Å². The van der Waals surface area contributed by atoms with Crippen LogP contribution in [0.3, 0.4) is 0 Å². The van der Waals surface area contributed by atoms with Crippen molar-refractivity contribution in [2.75, 3.05) is 42.9 Å². The zero-order valence-electron chi connectivity index (χ0n) is 19.1. The van der Waals surface area contributed by atoms with Gasteiger partial charge in [0.25, 0.3) is 0 Å². The van der Waals surface area contributed by atoms with Crippen molar-refractivity contribution >= 4 is 22.7 Å². The largest absolute Gasteiger partial charge is 0.419 e. The van der Waals surface area contributed by atoms with Gasteiger partial charge in [-0.3, -0.25) is 9.47 Å². The van der Waals surface area contributed by atoms with Crippen molar-refractivity contribution in [3.8, 4) is 0 Å². The van der Waals surface area contributed by atoms with Crippen LogP contribution < -0.4 is 16.0 Å². The Bertz CT molecular complexity index is 1310. The van der Waals surface area contributed by atoms with Gasteiger partial charge in [0, 0.05) is 45.3 Å². The molecular weight excluding hydrogens is 428 g/mol. The summed E-state index contributed by atoms with van der Waals surface area (Å²) in [6.45, 7) is 5.14. The summed E-state index contributed by atoms with van der Waals surface area (Å²) < 4.78 is 7.07. The number of nitrogens with zero attached hydrogens (tertiary/aromatic N) is 5. The van der Waals surface area contributed by atoms with E-state index in [0.29, 0.717) is 24.1 Å². The van der Waals surface area contributed by atoms with Crippen molar-refractivity contribution < 1.29 is 4.42 Å². The summed E-state index contributed by atoms with van der Waals surface area (Å²) in [5, 5.41) is 3.49. The van der Waals surface area contributed by atoms with Crippen LogP contribution in [0.1, 0.15) is 11.1 Å². The third-order valence-electron chi connectivity index (χ3n) is 6.97. The van der Waals surface area contributed by atoms with Crippen molar-refractivity contribution in [2.24, 2.45) is 0 Å². The Morgan fingerprint density at radius 1 is 0.882 bits per heavy atom. The average Bonchev–Trinajstić information content (AvgIpc) is 3.43. The van der Waals surface area contributed by atoms with E-state index < -0.39 is 0 Å². The minimum atomic E-state index is -0.285. The first-order chi connectivity index (χ1) is 16.7. The lowest BCUT2D eigenvalue weighted by Crippen LogP contribution is -2.47. The Balaban J connectivity index is 1.01. The van der Waals surface area contributed by atoms with E-state index in [1.54, 1.807) is 4.57 Å². The molecular formula is C26H28N6O2. The van der Waals surface area contributed by atoms with Crippen molar-refractivity contribution in [1.29, 1.82) is 0 Å². The molecule has 2 aliphatic rings. The highest BCUT2D eigenvalue weighted by atomic mass is 16.4. The quantitative estimate of drug-likeness (QED) is 0.478. The number of rotatable bonds is 6. The zero-order chi connectivity index (χ0) is 22.9. The van der Waals surface area contributed by atoms with Crippen LogP contribution in [0.5, 0.6) is 0 Å². The van der Waals surface area contributed by atoms with Gasteiger partial charge < -0.3 is 14.6 Å². The van der Waals surface area contributed by atoms with E-state index in [1.165, 1.54) is 11.1 Å². The maximum atomic E-state index is 12.2. The first-order valence-electron chi connectivity index (χ1n) is 11.9. The molecule has 0 bridgehead atoms. The first-order valence-corrected chi connectivity index (χ1v) is 11.9. The van der Waals surface area contributed by atoms with Crippen LogP contribution in [0.15, 0.2) is 70.1 Å². The Morgan fingerprint density at radius 3 is 2.29 bits per heavy atom. The minimum Gasteiger partial charge on any atom is -0.408 e. The van der Waals surface area contributed by atoms with Gasteiger partial charge in [0.15, 0.2) is 5.58 Å². The van der Waals surface area contributed by atoms with Gasteiger partial charge in [-0.25, -0.2) is 14.8 Å². The Labute approximate surface area is 197 Å². The van der Waals surface area contributed by atoms with Crippen LogP contribution in [-0.2, 0) is 19.4 Å². The normalized spacial score (nSPS) is 16.8. The fourth-order valence-electron chi connectivity index (χ4n) is 5.10. The van der Waals surface area contributed by atoms with Crippen molar-refractivity contribution in [1.82, 2.24) is 19.4 Å². The number of para-hydroxylation sites is 2. The molecule has 1 N–H and O–H groups in total. The number of anilines is 2. The van der Waals surface area contributed by atoms with Gasteiger partial charge in [0.05, 0.1) is 23.6 Å². The summed E-state index contributed by atoms with van der Waals surface area (Å²) in [5.74, 6) is 0.408. The van der Waals surface area contributed by atoms with Crippen molar-refractivity contribution in [2.45, 2.75) is 25.4 Å². The number of hydrogen-bond donors (Lipinski definition) is 1. The molecule has 2 aromatic heterocycles. The maximum absolute atomic E-state index is 12.2. The molecule has 6 rings (SSSR count). The molecule has 3 heterocycles. The van der Waals surface area contributed by atoms with Crippen LogP contribution in [0.4, 0.5) is 11.6 Å². The second-order valence-corrected chi connectivity index (χ2v) is 9.10. The molecule has 0 radical (unpaired) electrons. The third-order valence-corrected chi connectivity index (χ3v) is 6.97. The number of oxazole rings is 1. The summed E-state index contributed by atoms with van der Waals surface area (Å²) >= 11 is 0. The summed E-state index contributed by atoms with van der Waals surface area (Å²) in [5.41, 5.74) is 5.39. The predicted octanol–water partition coefficient (Wildman–Crippen LogP) is 2.79. The number of fused-ring (bicyclic) bond motifs is 2. The van der Waals surface area contributed by atoms with E-state index in [4.69, 9.17) is 4.42 Å². The monoisotopic (exact) mass is 456 g/mol. The molecule has 34 heavy (non-hydrogen) atoms. The van der Waals surface area contributed by atoms with E-state index in [9.17, 15) is 4.79 Å². The maximum Gasteiger partial charge on any atom is 0.419 e. The van der Waals surface area contributed by atoms with Gasteiger partial charge in [-0.1, -0.05) is 36.4 Å². The molecule has 0 saturated carbocycles. The van der Waals surface area contributed by atoms with E-state index >= 15 is 0 Å². The number of aromatic nitrogens is 3. The molecule has 1 fully saturated rings. The summed E-state index contributed by atoms with van der Waals surface area (Å²) in [6.07, 6.45) is 5.88. The highest BCUT2D eigenvalue weighted by Crippen LogP contribution is 2.24. The molecule has 0 atom stereocenters. The predicted molar refractivity (Wildman–Crippen MR) is 132 cm³/mol. The van der Waals surface area contributed by atoms with Crippen LogP contribution in [0.25, 0.3) is 11.1 Å². The highest BCUT2D eigenvalue weighted by molar-refractivity contribution is 5.72. The molecule has 174 valence electrons. The number of hydrogen-bond acceptors (Lipinski definition) is 7. The van der Waals surface area contributed by atoms with Gasteiger partial charge in [-0.2, -0.15) is 0 Å². The molecule has 1 aliphatic carbocycles. The molecule has 2 aromatic carbocycles. The molecule has 1 aliphatic heterocycles. The fourth-order valence-corrected chi connectivity index (χ4v) is 5.10. The van der Waals surface area contributed by atoms with E-state index in [1.807, 2.05) is 36.7 Å². The number of piperazine rings is 1. The van der Waals surface area contributed by atoms with E-state index in [-0.39, 0.29) is 5.76 Å². The number of nitrogens with one attached hydrogen (secondary N) is 1. The molecule has 0 spiro atoms. The van der Waals surface area contributed by atoms with Crippen LogP contribution in [0, 0.1) is 0 Å². The lowest BCUT2D eigenvalue weighted by molar-refractivity contribution is 0.246. The molecule has 8 heteroatoms. The summed E-state index contributed by atoms with van der Waals surface area (Å²) in [4.78, 5) is 26.1. The summed E-state index contributed by atoms with van der Waals surface area (Å²) in [7, 11) is 0. The lowest BCUT2D eigenvalue weighted by atomic mass is 10.1. The van der Waals surface area contributed by atoms with Crippen LogP contribution >= 0.6 is 0 Å². The Hall–Kier alpha value is -3.65. The molecule has 1 saturated heterocycles. The minimum absolute atomic E-state index is 0.285. The molecule has 8 nitrogen and oxygen atoms in total. The van der Waals surface area contributed by atoms with Crippen LogP contribution in [-0.4, -0.2) is 58.2 Å². The summed E-state index contributed by atoms with van der Waals surface area (Å²) in [6, 6.07) is 16.6.